The average molecular weight is 555 g/mol. The number of nitrogens with one attached hydrogen (secondary N) is 2. The lowest BCUT2D eigenvalue weighted by Crippen LogP contribution is -2.33. The Labute approximate surface area is 231 Å². The summed E-state index contributed by atoms with van der Waals surface area (Å²) in [7, 11) is 0. The SMILES string of the molecule is CC(C)(C)OC(=O)NCCCCCCN(CCCCCNC(=O)OC(C)(C)C)Sc1ccccc1[N+](=O)[O-]. The number of nitro benzene ring substituents is 1. The fourth-order valence-electron chi connectivity index (χ4n) is 3.39. The molecule has 0 saturated heterocycles. The second-order valence-electron chi connectivity index (χ2n) is 11.1. The summed E-state index contributed by atoms with van der Waals surface area (Å²) >= 11 is 1.42. The first-order valence-electron chi connectivity index (χ1n) is 13.4. The average Bonchev–Trinajstić information content (AvgIpc) is 2.78. The molecule has 0 aromatic heterocycles. The number of nitro groups is 1. The van der Waals surface area contributed by atoms with Gasteiger partial charge >= 0.3 is 12.2 Å². The fourth-order valence-corrected chi connectivity index (χ4v) is 4.49. The van der Waals surface area contributed by atoms with Crippen LogP contribution < -0.4 is 10.6 Å². The highest BCUT2D eigenvalue weighted by atomic mass is 32.2. The number of ether oxygens (including phenoxy) is 2. The molecule has 0 aliphatic carbocycles. The molecule has 0 aliphatic heterocycles. The molecule has 1 rings (SSSR count). The van der Waals surface area contributed by atoms with Crippen molar-refractivity contribution >= 4 is 29.8 Å². The first-order chi connectivity index (χ1) is 17.8. The van der Waals surface area contributed by atoms with Crippen LogP contribution in [0.1, 0.15) is 86.5 Å². The maximum absolute atomic E-state index is 11.8. The van der Waals surface area contributed by atoms with Crippen molar-refractivity contribution < 1.29 is 24.0 Å². The van der Waals surface area contributed by atoms with Gasteiger partial charge < -0.3 is 20.1 Å². The van der Waals surface area contributed by atoms with Crippen molar-refractivity contribution in [2.45, 2.75) is 103 Å². The van der Waals surface area contributed by atoms with Crippen LogP contribution in [0, 0.1) is 10.1 Å². The van der Waals surface area contributed by atoms with Gasteiger partial charge in [0.15, 0.2) is 0 Å². The van der Waals surface area contributed by atoms with E-state index >= 15 is 0 Å². The molecule has 38 heavy (non-hydrogen) atoms. The van der Waals surface area contributed by atoms with Crippen LogP contribution in [0.4, 0.5) is 15.3 Å². The molecular weight excluding hydrogens is 508 g/mol. The molecule has 0 spiro atoms. The molecule has 0 aliphatic rings. The Morgan fingerprint density at radius 3 is 1.74 bits per heavy atom. The van der Waals surface area contributed by atoms with E-state index in [1.807, 2.05) is 47.6 Å². The zero-order chi connectivity index (χ0) is 28.6. The molecule has 11 heteroatoms. The summed E-state index contributed by atoms with van der Waals surface area (Å²) in [4.78, 5) is 35.2. The summed E-state index contributed by atoms with van der Waals surface area (Å²) in [6, 6.07) is 6.80. The summed E-state index contributed by atoms with van der Waals surface area (Å²) in [5.74, 6) is 0. The van der Waals surface area contributed by atoms with Crippen LogP contribution in [0.25, 0.3) is 0 Å². The van der Waals surface area contributed by atoms with Crippen LogP contribution in [-0.4, -0.2) is 58.8 Å². The van der Waals surface area contributed by atoms with Gasteiger partial charge in [-0.15, -0.1) is 0 Å². The van der Waals surface area contributed by atoms with Gasteiger partial charge in [0.1, 0.15) is 16.1 Å². The third kappa shape index (κ3) is 17.1. The summed E-state index contributed by atoms with van der Waals surface area (Å²) in [6.45, 7) is 13.7. The molecule has 10 nitrogen and oxygen atoms in total. The number of alkyl carbamates (subject to hydrolysis) is 2. The highest BCUT2D eigenvalue weighted by Crippen LogP contribution is 2.31. The van der Waals surface area contributed by atoms with Crippen molar-refractivity contribution in [2.24, 2.45) is 0 Å². The minimum Gasteiger partial charge on any atom is -0.444 e. The van der Waals surface area contributed by atoms with Crippen molar-refractivity contribution in [3.05, 3.63) is 34.4 Å². The molecule has 2 N–H and O–H groups in total. The van der Waals surface area contributed by atoms with Gasteiger partial charge in [0.25, 0.3) is 5.69 Å². The third-order valence-corrected chi connectivity index (χ3v) is 6.21. The Kier molecular flexibility index (Phi) is 15.1. The van der Waals surface area contributed by atoms with Gasteiger partial charge in [-0.05, 0) is 85.2 Å². The predicted octanol–water partition coefficient (Wildman–Crippen LogP) is 6.68. The highest BCUT2D eigenvalue weighted by molar-refractivity contribution is 7.97. The number of unbranched alkanes of at least 4 members (excludes halogenated alkanes) is 5. The highest BCUT2D eigenvalue weighted by Gasteiger charge is 2.18. The van der Waals surface area contributed by atoms with E-state index < -0.39 is 23.4 Å². The second-order valence-corrected chi connectivity index (χ2v) is 12.2. The Balaban J connectivity index is 2.44. The normalized spacial score (nSPS) is 11.8. The van der Waals surface area contributed by atoms with E-state index in [1.165, 1.54) is 18.0 Å². The zero-order valence-electron chi connectivity index (χ0n) is 23.8. The Morgan fingerprint density at radius 2 is 1.26 bits per heavy atom. The van der Waals surface area contributed by atoms with Crippen molar-refractivity contribution in [3.63, 3.8) is 0 Å². The number of para-hydroxylation sites is 1. The molecule has 0 saturated carbocycles. The molecule has 1 aromatic rings. The zero-order valence-corrected chi connectivity index (χ0v) is 24.7. The minimum absolute atomic E-state index is 0.109. The number of carbonyl (C=O) groups excluding carboxylic acids is 2. The molecule has 2 amide bonds. The number of carbonyl (C=O) groups is 2. The molecule has 0 atom stereocenters. The van der Waals surface area contributed by atoms with Gasteiger partial charge in [-0.25, -0.2) is 13.9 Å². The number of nitrogens with zero attached hydrogens (tertiary/aromatic N) is 2. The molecule has 0 unspecified atom stereocenters. The van der Waals surface area contributed by atoms with E-state index in [4.69, 9.17) is 9.47 Å². The molecule has 0 bridgehead atoms. The van der Waals surface area contributed by atoms with Crippen LogP contribution in [0.3, 0.4) is 0 Å². The minimum atomic E-state index is -0.517. The summed E-state index contributed by atoms with van der Waals surface area (Å²) in [6.07, 6.45) is 5.61. The topological polar surface area (TPSA) is 123 Å². The Bertz CT molecular complexity index is 870. The summed E-state index contributed by atoms with van der Waals surface area (Å²) in [5, 5.41) is 17.0. The van der Waals surface area contributed by atoms with Gasteiger partial charge in [-0.3, -0.25) is 10.1 Å². The Morgan fingerprint density at radius 1 is 0.816 bits per heavy atom. The number of benzene rings is 1. The van der Waals surface area contributed by atoms with Crippen LogP contribution in [0.15, 0.2) is 29.2 Å². The maximum atomic E-state index is 11.8. The molecular formula is C27H46N4O6S. The largest absolute Gasteiger partial charge is 0.444 e. The maximum Gasteiger partial charge on any atom is 0.407 e. The van der Waals surface area contributed by atoms with Gasteiger partial charge in [-0.2, -0.15) is 0 Å². The van der Waals surface area contributed by atoms with Crippen LogP contribution >= 0.6 is 11.9 Å². The lowest BCUT2D eigenvalue weighted by atomic mass is 10.2. The van der Waals surface area contributed by atoms with Gasteiger partial charge in [0, 0.05) is 32.2 Å². The molecule has 0 heterocycles. The van der Waals surface area contributed by atoms with Crippen LogP contribution in [0.2, 0.25) is 0 Å². The lowest BCUT2D eigenvalue weighted by molar-refractivity contribution is -0.387. The molecule has 0 radical (unpaired) electrons. The molecule has 0 fully saturated rings. The standard InChI is InChI=1S/C27H46N4O6S/c1-26(2,3)36-24(32)28-18-12-7-8-14-20-30(38-23-17-11-10-16-22(23)31(34)35)21-15-9-13-19-29-25(33)37-27(4,5)6/h10-11,16-17H,7-9,12-15,18-21H2,1-6H3,(H,28,32)(H,29,33). The fraction of sp³-hybridized carbons (Fsp3) is 0.704. The first kappa shape index (κ1) is 33.5. The van der Waals surface area contributed by atoms with Gasteiger partial charge in [0.2, 0.25) is 0 Å². The number of rotatable bonds is 16. The molecule has 1 aromatic carbocycles. The predicted molar refractivity (Wildman–Crippen MR) is 151 cm³/mol. The quantitative estimate of drug-likeness (QED) is 0.100. The molecule has 216 valence electrons. The lowest BCUT2D eigenvalue weighted by Gasteiger charge is -2.21. The second kappa shape index (κ2) is 17.1. The van der Waals surface area contributed by atoms with Crippen LogP contribution in [-0.2, 0) is 9.47 Å². The van der Waals surface area contributed by atoms with Gasteiger partial charge in [0.05, 0.1) is 4.92 Å². The third-order valence-electron chi connectivity index (χ3n) is 5.04. The van der Waals surface area contributed by atoms with E-state index in [-0.39, 0.29) is 10.6 Å². The van der Waals surface area contributed by atoms with E-state index in [0.717, 1.165) is 58.0 Å². The van der Waals surface area contributed by atoms with Crippen molar-refractivity contribution in [3.8, 4) is 0 Å². The van der Waals surface area contributed by atoms with Crippen LogP contribution in [0.5, 0.6) is 0 Å². The van der Waals surface area contributed by atoms with E-state index in [1.54, 1.807) is 12.1 Å². The summed E-state index contributed by atoms with van der Waals surface area (Å²) in [5.41, 5.74) is -0.915. The van der Waals surface area contributed by atoms with Crippen molar-refractivity contribution in [1.82, 2.24) is 14.9 Å². The van der Waals surface area contributed by atoms with E-state index in [2.05, 4.69) is 14.9 Å². The first-order valence-corrected chi connectivity index (χ1v) is 14.1. The van der Waals surface area contributed by atoms with Crippen molar-refractivity contribution in [2.75, 3.05) is 26.2 Å². The van der Waals surface area contributed by atoms with Crippen molar-refractivity contribution in [1.29, 1.82) is 0 Å². The number of hydrogen-bond donors (Lipinski definition) is 2. The summed E-state index contributed by atoms with van der Waals surface area (Å²) < 4.78 is 12.7. The smallest absolute Gasteiger partial charge is 0.407 e. The van der Waals surface area contributed by atoms with Gasteiger partial charge in [-0.1, -0.05) is 31.4 Å². The number of amides is 2. The monoisotopic (exact) mass is 554 g/mol. The van der Waals surface area contributed by atoms with E-state index in [9.17, 15) is 19.7 Å². The van der Waals surface area contributed by atoms with E-state index in [0.29, 0.717) is 18.0 Å². The number of hydrogen-bond acceptors (Lipinski definition) is 8. The Hall–Kier alpha value is -2.53.